The second kappa shape index (κ2) is 4.36. The van der Waals surface area contributed by atoms with Crippen molar-refractivity contribution in [1.29, 1.82) is 0 Å². The summed E-state index contributed by atoms with van der Waals surface area (Å²) in [5.41, 5.74) is 8.40. The van der Waals surface area contributed by atoms with Gasteiger partial charge in [-0.3, -0.25) is 0 Å². The lowest BCUT2D eigenvalue weighted by molar-refractivity contribution is 0.211. The monoisotopic (exact) mass is 221 g/mol. The third-order valence-electron chi connectivity index (χ3n) is 2.32. The SMILES string of the molecule is COCCNc1cn2nc(N)nc2cc1C. The van der Waals surface area contributed by atoms with Gasteiger partial charge in [0.25, 0.3) is 0 Å². The largest absolute Gasteiger partial charge is 0.383 e. The number of pyridine rings is 1. The Bertz CT molecular complexity index is 493. The molecule has 0 aliphatic heterocycles. The maximum Gasteiger partial charge on any atom is 0.240 e. The highest BCUT2D eigenvalue weighted by atomic mass is 16.5. The zero-order valence-electron chi connectivity index (χ0n) is 9.40. The minimum atomic E-state index is 0.286. The molecule has 0 atom stereocenters. The van der Waals surface area contributed by atoms with Gasteiger partial charge in [-0.25, -0.2) is 4.52 Å². The van der Waals surface area contributed by atoms with E-state index in [9.17, 15) is 0 Å². The number of nitrogens with two attached hydrogens (primary N) is 1. The molecule has 2 heterocycles. The lowest BCUT2D eigenvalue weighted by Crippen LogP contribution is -2.09. The first-order valence-electron chi connectivity index (χ1n) is 5.06. The molecule has 6 heteroatoms. The molecule has 86 valence electrons. The molecular formula is C10H15N5O. The smallest absolute Gasteiger partial charge is 0.240 e. The average molecular weight is 221 g/mol. The van der Waals surface area contributed by atoms with Gasteiger partial charge in [0, 0.05) is 13.7 Å². The molecule has 0 saturated heterocycles. The van der Waals surface area contributed by atoms with E-state index in [0.717, 1.165) is 23.4 Å². The molecule has 0 fully saturated rings. The molecule has 0 spiro atoms. The van der Waals surface area contributed by atoms with Crippen LogP contribution in [0.3, 0.4) is 0 Å². The quantitative estimate of drug-likeness (QED) is 0.742. The number of nitrogens with zero attached hydrogens (tertiary/aromatic N) is 3. The van der Waals surface area contributed by atoms with Gasteiger partial charge in [0.2, 0.25) is 5.95 Å². The fraction of sp³-hybridized carbons (Fsp3) is 0.400. The van der Waals surface area contributed by atoms with E-state index < -0.39 is 0 Å². The Balaban J connectivity index is 2.27. The van der Waals surface area contributed by atoms with Crippen molar-refractivity contribution in [1.82, 2.24) is 14.6 Å². The zero-order chi connectivity index (χ0) is 11.5. The van der Waals surface area contributed by atoms with E-state index >= 15 is 0 Å². The first-order valence-corrected chi connectivity index (χ1v) is 5.06. The summed E-state index contributed by atoms with van der Waals surface area (Å²) in [4.78, 5) is 4.09. The van der Waals surface area contributed by atoms with E-state index in [4.69, 9.17) is 10.5 Å². The number of anilines is 2. The van der Waals surface area contributed by atoms with Gasteiger partial charge in [0.05, 0.1) is 18.5 Å². The Labute approximate surface area is 93.4 Å². The van der Waals surface area contributed by atoms with E-state index in [-0.39, 0.29) is 5.95 Å². The van der Waals surface area contributed by atoms with Crippen LogP contribution in [0.2, 0.25) is 0 Å². The second-order valence-corrected chi connectivity index (χ2v) is 3.56. The molecular weight excluding hydrogens is 206 g/mol. The van der Waals surface area contributed by atoms with Crippen molar-refractivity contribution in [3.63, 3.8) is 0 Å². The third kappa shape index (κ3) is 2.06. The molecule has 2 rings (SSSR count). The van der Waals surface area contributed by atoms with Gasteiger partial charge in [-0.2, -0.15) is 4.98 Å². The predicted molar refractivity (Wildman–Crippen MR) is 62.5 cm³/mol. The molecule has 3 N–H and O–H groups in total. The highest BCUT2D eigenvalue weighted by Gasteiger charge is 2.04. The summed E-state index contributed by atoms with van der Waals surface area (Å²) in [5, 5.41) is 7.32. The molecule has 0 aliphatic carbocycles. The summed E-state index contributed by atoms with van der Waals surface area (Å²) in [6.07, 6.45) is 1.88. The molecule has 0 amide bonds. The van der Waals surface area contributed by atoms with Gasteiger partial charge in [0.1, 0.15) is 0 Å². The van der Waals surface area contributed by atoms with Crippen LogP contribution in [0.4, 0.5) is 11.6 Å². The van der Waals surface area contributed by atoms with Gasteiger partial charge in [0.15, 0.2) is 5.65 Å². The van der Waals surface area contributed by atoms with Crippen LogP contribution in [0, 0.1) is 6.92 Å². The molecule has 2 aromatic heterocycles. The van der Waals surface area contributed by atoms with Crippen molar-refractivity contribution in [2.24, 2.45) is 0 Å². The summed E-state index contributed by atoms with van der Waals surface area (Å²) in [7, 11) is 1.68. The topological polar surface area (TPSA) is 77.5 Å². The molecule has 0 saturated carbocycles. The van der Waals surface area contributed by atoms with E-state index in [2.05, 4.69) is 15.4 Å². The molecule has 0 unspecified atom stereocenters. The van der Waals surface area contributed by atoms with Crippen molar-refractivity contribution in [2.45, 2.75) is 6.92 Å². The van der Waals surface area contributed by atoms with Crippen LogP contribution < -0.4 is 11.1 Å². The van der Waals surface area contributed by atoms with Gasteiger partial charge in [-0.05, 0) is 18.6 Å². The van der Waals surface area contributed by atoms with E-state index in [1.54, 1.807) is 11.6 Å². The van der Waals surface area contributed by atoms with E-state index in [1.165, 1.54) is 0 Å². The predicted octanol–water partition coefficient (Wildman–Crippen LogP) is 0.678. The Morgan fingerprint density at radius 2 is 2.38 bits per heavy atom. The number of ether oxygens (including phenoxy) is 1. The van der Waals surface area contributed by atoms with Crippen LogP contribution >= 0.6 is 0 Å². The van der Waals surface area contributed by atoms with Crippen LogP contribution in [0.1, 0.15) is 5.56 Å². The molecule has 0 radical (unpaired) electrons. The van der Waals surface area contributed by atoms with Crippen LogP contribution in [0.5, 0.6) is 0 Å². The standard InChI is InChI=1S/C10H15N5O/c1-7-5-9-13-10(11)14-15(9)6-8(7)12-3-4-16-2/h5-6,12H,3-4H2,1-2H3,(H2,11,14). The van der Waals surface area contributed by atoms with Crippen molar-refractivity contribution in [3.05, 3.63) is 17.8 Å². The molecule has 6 nitrogen and oxygen atoms in total. The van der Waals surface area contributed by atoms with Crippen molar-refractivity contribution in [3.8, 4) is 0 Å². The Morgan fingerprint density at radius 1 is 1.56 bits per heavy atom. The van der Waals surface area contributed by atoms with Crippen molar-refractivity contribution < 1.29 is 4.74 Å². The molecule has 2 aromatic rings. The maximum absolute atomic E-state index is 5.53. The van der Waals surface area contributed by atoms with E-state index in [1.807, 2.05) is 19.2 Å². The number of methoxy groups -OCH3 is 1. The molecule has 16 heavy (non-hydrogen) atoms. The van der Waals surface area contributed by atoms with Crippen LogP contribution in [0.25, 0.3) is 5.65 Å². The number of hydrogen-bond donors (Lipinski definition) is 2. The number of nitrogen functional groups attached to an aromatic ring is 1. The molecule has 0 aliphatic rings. The first-order chi connectivity index (χ1) is 7.70. The highest BCUT2D eigenvalue weighted by Crippen LogP contribution is 2.16. The Kier molecular flexibility index (Phi) is 2.91. The zero-order valence-corrected chi connectivity index (χ0v) is 9.40. The number of fused-ring (bicyclic) bond motifs is 1. The number of hydrogen-bond acceptors (Lipinski definition) is 5. The average Bonchev–Trinajstić information content (AvgIpc) is 2.58. The summed E-state index contributed by atoms with van der Waals surface area (Å²) in [6.45, 7) is 3.43. The lowest BCUT2D eigenvalue weighted by Gasteiger charge is -2.08. The van der Waals surface area contributed by atoms with Gasteiger partial charge >= 0.3 is 0 Å². The minimum absolute atomic E-state index is 0.286. The normalized spacial score (nSPS) is 10.9. The summed E-state index contributed by atoms with van der Waals surface area (Å²) in [5.74, 6) is 0.286. The van der Waals surface area contributed by atoms with Gasteiger partial charge < -0.3 is 15.8 Å². The maximum atomic E-state index is 5.53. The number of aryl methyl sites for hydroxylation is 1. The lowest BCUT2D eigenvalue weighted by atomic mass is 10.2. The first kappa shape index (κ1) is 10.7. The number of nitrogens with one attached hydrogen (secondary N) is 1. The van der Waals surface area contributed by atoms with Gasteiger partial charge in [-0.15, -0.1) is 5.10 Å². The minimum Gasteiger partial charge on any atom is -0.383 e. The van der Waals surface area contributed by atoms with Crippen LogP contribution in [-0.4, -0.2) is 34.9 Å². The number of rotatable bonds is 4. The fourth-order valence-electron chi connectivity index (χ4n) is 1.51. The van der Waals surface area contributed by atoms with Gasteiger partial charge in [-0.1, -0.05) is 0 Å². The van der Waals surface area contributed by atoms with Crippen LogP contribution in [-0.2, 0) is 4.74 Å². The Morgan fingerprint density at radius 3 is 3.12 bits per heavy atom. The molecule has 0 bridgehead atoms. The summed E-state index contributed by atoms with van der Waals surface area (Å²) >= 11 is 0. The third-order valence-corrected chi connectivity index (χ3v) is 2.32. The molecule has 0 aromatic carbocycles. The summed E-state index contributed by atoms with van der Waals surface area (Å²) < 4.78 is 6.64. The second-order valence-electron chi connectivity index (χ2n) is 3.56. The van der Waals surface area contributed by atoms with Crippen molar-refractivity contribution in [2.75, 3.05) is 31.3 Å². The van der Waals surface area contributed by atoms with Crippen molar-refractivity contribution >= 4 is 17.3 Å². The summed E-state index contributed by atoms with van der Waals surface area (Å²) in [6, 6.07) is 1.94. The Hall–Kier alpha value is -1.82. The van der Waals surface area contributed by atoms with Crippen LogP contribution in [0.15, 0.2) is 12.3 Å². The fourth-order valence-corrected chi connectivity index (χ4v) is 1.51. The van der Waals surface area contributed by atoms with E-state index in [0.29, 0.717) is 6.61 Å². The number of aromatic nitrogens is 3. The highest BCUT2D eigenvalue weighted by molar-refractivity contribution is 5.56.